The van der Waals surface area contributed by atoms with Crippen LogP contribution in [-0.4, -0.2) is 16.0 Å². The van der Waals surface area contributed by atoms with Gasteiger partial charge >= 0.3 is 0 Å². The molecule has 5 heteroatoms. The molecule has 0 saturated heterocycles. The molecule has 1 heterocycles. The maximum absolute atomic E-state index is 12.4. The third-order valence-corrected chi connectivity index (χ3v) is 3.66. The highest BCUT2D eigenvalue weighted by Crippen LogP contribution is 2.21. The maximum atomic E-state index is 12.4. The molecule has 2 aromatic carbocycles. The zero-order chi connectivity index (χ0) is 16.4. The average molecular weight is 307 g/mol. The molecule has 23 heavy (non-hydrogen) atoms. The van der Waals surface area contributed by atoms with Gasteiger partial charge in [0.25, 0.3) is 11.8 Å². The molecule has 116 valence electrons. The van der Waals surface area contributed by atoms with E-state index >= 15 is 0 Å². The number of anilines is 1. The number of aryl methyl sites for hydroxylation is 3. The summed E-state index contributed by atoms with van der Waals surface area (Å²) in [5, 5.41) is 6.67. The van der Waals surface area contributed by atoms with Gasteiger partial charge in [-0.15, -0.1) is 0 Å². The van der Waals surface area contributed by atoms with Crippen LogP contribution in [0.2, 0.25) is 0 Å². The topological polar surface area (TPSA) is 68.0 Å². The van der Waals surface area contributed by atoms with Gasteiger partial charge in [0, 0.05) is 16.8 Å². The smallest absolute Gasteiger partial charge is 0.257 e. The van der Waals surface area contributed by atoms with Gasteiger partial charge in [-0.05, 0) is 62.2 Å². The molecule has 0 bridgehead atoms. The van der Waals surface area contributed by atoms with Gasteiger partial charge in [0.1, 0.15) is 0 Å². The molecule has 0 unspecified atom stereocenters. The molecule has 5 nitrogen and oxygen atoms in total. The minimum atomic E-state index is -0.146. The highest BCUT2D eigenvalue weighted by atomic mass is 16.5. The Labute approximate surface area is 134 Å². The lowest BCUT2D eigenvalue weighted by Crippen LogP contribution is -2.12. The first-order valence-electron chi connectivity index (χ1n) is 7.32. The minimum Gasteiger partial charge on any atom is -0.334 e. The van der Waals surface area contributed by atoms with Crippen LogP contribution in [0.1, 0.15) is 27.3 Å². The second-order valence-corrected chi connectivity index (χ2v) is 5.48. The predicted octanol–water partition coefficient (Wildman–Crippen LogP) is 3.91. The minimum absolute atomic E-state index is 0.146. The van der Waals surface area contributed by atoms with E-state index in [4.69, 9.17) is 4.52 Å². The summed E-state index contributed by atoms with van der Waals surface area (Å²) in [5.41, 5.74) is 4.33. The van der Waals surface area contributed by atoms with E-state index in [9.17, 15) is 4.79 Å². The number of hydrogen-bond acceptors (Lipinski definition) is 4. The lowest BCUT2D eigenvalue weighted by Gasteiger charge is -2.08. The lowest BCUT2D eigenvalue weighted by atomic mass is 10.1. The van der Waals surface area contributed by atoms with E-state index < -0.39 is 0 Å². The molecule has 1 N–H and O–H groups in total. The van der Waals surface area contributed by atoms with E-state index in [0.29, 0.717) is 23.0 Å². The first kappa shape index (κ1) is 15.0. The summed E-state index contributed by atoms with van der Waals surface area (Å²) in [4.78, 5) is 16.6. The van der Waals surface area contributed by atoms with Crippen LogP contribution in [0, 0.1) is 20.8 Å². The average Bonchev–Trinajstić information content (AvgIpc) is 2.97. The normalized spacial score (nSPS) is 10.6. The summed E-state index contributed by atoms with van der Waals surface area (Å²) in [6.07, 6.45) is 0. The van der Waals surface area contributed by atoms with Crippen molar-refractivity contribution in [1.82, 2.24) is 10.1 Å². The number of nitrogens with one attached hydrogen (secondary N) is 1. The van der Waals surface area contributed by atoms with Crippen LogP contribution < -0.4 is 5.32 Å². The number of aromatic nitrogens is 2. The Hall–Kier alpha value is -2.95. The molecular weight excluding hydrogens is 290 g/mol. The number of benzene rings is 2. The first-order chi connectivity index (χ1) is 11.0. The quantitative estimate of drug-likeness (QED) is 0.796. The number of nitrogens with zero attached hydrogens (tertiary/aromatic N) is 2. The van der Waals surface area contributed by atoms with E-state index in [1.807, 2.05) is 56.3 Å². The standard InChI is InChI=1S/C18H17N3O2/c1-11-7-8-14(9-12(11)2)17(22)20-16-6-4-5-15(10-16)18-19-13(3)21-23-18/h4-10H,1-3H3,(H,20,22). The summed E-state index contributed by atoms with van der Waals surface area (Å²) in [6, 6.07) is 13.0. The second kappa shape index (κ2) is 6.04. The molecule has 0 aliphatic rings. The third-order valence-electron chi connectivity index (χ3n) is 3.66. The van der Waals surface area contributed by atoms with Crippen molar-refractivity contribution in [3.63, 3.8) is 0 Å². The summed E-state index contributed by atoms with van der Waals surface area (Å²) in [7, 11) is 0. The van der Waals surface area contributed by atoms with Gasteiger partial charge in [-0.2, -0.15) is 4.98 Å². The van der Waals surface area contributed by atoms with Crippen molar-refractivity contribution in [2.24, 2.45) is 0 Å². The van der Waals surface area contributed by atoms with E-state index in [1.165, 1.54) is 0 Å². The zero-order valence-electron chi connectivity index (χ0n) is 13.3. The molecule has 0 aliphatic carbocycles. The molecule has 3 aromatic rings. The van der Waals surface area contributed by atoms with Crippen molar-refractivity contribution in [3.05, 3.63) is 65.0 Å². The molecule has 0 fully saturated rings. The van der Waals surface area contributed by atoms with Gasteiger partial charge < -0.3 is 9.84 Å². The Morgan fingerprint density at radius 2 is 1.87 bits per heavy atom. The largest absolute Gasteiger partial charge is 0.334 e. The van der Waals surface area contributed by atoms with Crippen LogP contribution in [0.25, 0.3) is 11.5 Å². The SMILES string of the molecule is Cc1noc(-c2cccc(NC(=O)c3ccc(C)c(C)c3)c2)n1. The van der Waals surface area contributed by atoms with Crippen LogP contribution in [-0.2, 0) is 0 Å². The van der Waals surface area contributed by atoms with Crippen molar-refractivity contribution >= 4 is 11.6 Å². The Bertz CT molecular complexity index is 868. The molecule has 0 spiro atoms. The van der Waals surface area contributed by atoms with Gasteiger partial charge in [-0.3, -0.25) is 4.79 Å². The fourth-order valence-electron chi connectivity index (χ4n) is 2.23. The third kappa shape index (κ3) is 3.29. The fourth-order valence-corrected chi connectivity index (χ4v) is 2.23. The first-order valence-corrected chi connectivity index (χ1v) is 7.32. The Morgan fingerprint density at radius 3 is 2.57 bits per heavy atom. The Kier molecular flexibility index (Phi) is 3.93. The van der Waals surface area contributed by atoms with Crippen molar-refractivity contribution in [1.29, 1.82) is 0 Å². The van der Waals surface area contributed by atoms with E-state index in [0.717, 1.165) is 16.7 Å². The highest BCUT2D eigenvalue weighted by Gasteiger charge is 2.10. The molecule has 1 aromatic heterocycles. The number of hydrogen-bond donors (Lipinski definition) is 1. The van der Waals surface area contributed by atoms with Crippen molar-refractivity contribution in [3.8, 4) is 11.5 Å². The Balaban J connectivity index is 1.82. The second-order valence-electron chi connectivity index (χ2n) is 5.48. The number of carbonyl (C=O) groups is 1. The molecule has 0 aliphatic heterocycles. The lowest BCUT2D eigenvalue weighted by molar-refractivity contribution is 0.102. The van der Waals surface area contributed by atoms with Crippen LogP contribution in [0.5, 0.6) is 0 Å². The predicted molar refractivity (Wildman–Crippen MR) is 88.3 cm³/mol. The van der Waals surface area contributed by atoms with Gasteiger partial charge in [0.15, 0.2) is 5.82 Å². The molecule has 0 atom stereocenters. The van der Waals surface area contributed by atoms with Crippen molar-refractivity contribution < 1.29 is 9.32 Å². The highest BCUT2D eigenvalue weighted by molar-refractivity contribution is 6.04. The molecule has 0 saturated carbocycles. The van der Waals surface area contributed by atoms with Gasteiger partial charge in [0.05, 0.1) is 0 Å². The summed E-state index contributed by atoms with van der Waals surface area (Å²) in [5.74, 6) is 0.862. The van der Waals surface area contributed by atoms with Gasteiger partial charge in [0.2, 0.25) is 0 Å². The molecule has 3 rings (SSSR count). The monoisotopic (exact) mass is 307 g/mol. The maximum Gasteiger partial charge on any atom is 0.257 e. The van der Waals surface area contributed by atoms with Gasteiger partial charge in [-0.25, -0.2) is 0 Å². The van der Waals surface area contributed by atoms with E-state index in [2.05, 4.69) is 15.5 Å². The van der Waals surface area contributed by atoms with Crippen LogP contribution >= 0.6 is 0 Å². The number of amides is 1. The molecule has 1 amide bonds. The summed E-state index contributed by atoms with van der Waals surface area (Å²) < 4.78 is 5.15. The van der Waals surface area contributed by atoms with Gasteiger partial charge in [-0.1, -0.05) is 17.3 Å². The summed E-state index contributed by atoms with van der Waals surface area (Å²) in [6.45, 7) is 5.77. The van der Waals surface area contributed by atoms with E-state index in [-0.39, 0.29) is 5.91 Å². The summed E-state index contributed by atoms with van der Waals surface area (Å²) >= 11 is 0. The van der Waals surface area contributed by atoms with Crippen LogP contribution in [0.3, 0.4) is 0 Å². The number of rotatable bonds is 3. The van der Waals surface area contributed by atoms with Crippen molar-refractivity contribution in [2.75, 3.05) is 5.32 Å². The van der Waals surface area contributed by atoms with Crippen LogP contribution in [0.15, 0.2) is 47.0 Å². The van der Waals surface area contributed by atoms with E-state index in [1.54, 1.807) is 6.92 Å². The zero-order valence-corrected chi connectivity index (χ0v) is 13.3. The molecular formula is C18H17N3O2. The van der Waals surface area contributed by atoms with Crippen LogP contribution in [0.4, 0.5) is 5.69 Å². The fraction of sp³-hybridized carbons (Fsp3) is 0.167. The molecule has 0 radical (unpaired) electrons. The van der Waals surface area contributed by atoms with Crippen molar-refractivity contribution in [2.45, 2.75) is 20.8 Å². The number of carbonyl (C=O) groups excluding carboxylic acids is 1. The Morgan fingerprint density at radius 1 is 1.04 bits per heavy atom.